The van der Waals surface area contributed by atoms with Gasteiger partial charge in [-0.15, -0.1) is 0 Å². The summed E-state index contributed by atoms with van der Waals surface area (Å²) in [5.74, 6) is -1.41. The van der Waals surface area contributed by atoms with Gasteiger partial charge in [0.25, 0.3) is 0 Å². The number of hydrogen-bond acceptors (Lipinski definition) is 4. The van der Waals surface area contributed by atoms with E-state index < -0.39 is 35.6 Å². The zero-order valence-corrected chi connectivity index (χ0v) is 23.6. The quantitative estimate of drug-likeness (QED) is 0.256. The molecule has 0 aliphatic carbocycles. The van der Waals surface area contributed by atoms with Gasteiger partial charge in [0.05, 0.1) is 5.56 Å². The fourth-order valence-electron chi connectivity index (χ4n) is 5.13. The number of carbonyl (C=O) groups is 1. The van der Waals surface area contributed by atoms with Crippen molar-refractivity contribution in [2.45, 2.75) is 82.7 Å². The number of carboxylic acids is 1. The number of hydrogen-bond donors (Lipinski definition) is 0. The monoisotopic (exact) mass is 552 g/mol. The van der Waals surface area contributed by atoms with Gasteiger partial charge in [0.1, 0.15) is 5.69 Å². The minimum atomic E-state index is -4.57. The van der Waals surface area contributed by atoms with E-state index in [1.807, 2.05) is 0 Å². The van der Waals surface area contributed by atoms with E-state index in [1.54, 1.807) is 0 Å². The molecule has 3 atom stereocenters. The second-order valence-corrected chi connectivity index (χ2v) is 9.68. The molecule has 0 bridgehead atoms. The van der Waals surface area contributed by atoms with Crippen molar-refractivity contribution in [3.8, 4) is 0 Å². The topological polar surface area (TPSA) is 56.3 Å². The molecule has 0 N–H and O–H groups in total. The van der Waals surface area contributed by atoms with E-state index >= 15 is 0 Å². The van der Waals surface area contributed by atoms with Crippen LogP contribution in [0.5, 0.6) is 0 Å². The molecular weight excluding hydrogens is 521 g/mol. The van der Waals surface area contributed by atoms with Gasteiger partial charge < -0.3 is 9.90 Å². The van der Waals surface area contributed by atoms with E-state index in [-0.39, 0.29) is 47.9 Å². The van der Waals surface area contributed by atoms with Gasteiger partial charge in [-0.05, 0) is 67.5 Å². The van der Waals surface area contributed by atoms with Gasteiger partial charge in [-0.1, -0.05) is 50.8 Å². The fourth-order valence-corrected chi connectivity index (χ4v) is 5.13. The maximum absolute atomic E-state index is 13.1. The summed E-state index contributed by atoms with van der Waals surface area (Å²) in [7, 11) is 0. The molecule has 1 aromatic heterocycles. The van der Waals surface area contributed by atoms with Gasteiger partial charge in [-0.25, -0.2) is 0 Å². The van der Waals surface area contributed by atoms with Crippen molar-refractivity contribution in [3.63, 3.8) is 0 Å². The summed E-state index contributed by atoms with van der Waals surface area (Å²) in [6.45, 7) is 2.52. The van der Waals surface area contributed by atoms with E-state index in [4.69, 9.17) is 0 Å². The number of piperidine rings is 1. The molecule has 2 heterocycles. The SMILES string of the molecule is CCCCCC[C@H](c1ccc(C(F)(F)F)nc1)N1CC[C@@H](CC(=O)[O-])C[C@H]1c1ccc(C(F)(F)F)cc1.[Na+]. The van der Waals surface area contributed by atoms with Crippen LogP contribution in [-0.4, -0.2) is 22.4 Å². The third-order valence-electron chi connectivity index (χ3n) is 7.02. The van der Waals surface area contributed by atoms with Gasteiger partial charge in [0.2, 0.25) is 0 Å². The summed E-state index contributed by atoms with van der Waals surface area (Å²) in [6, 6.07) is 6.46. The summed E-state index contributed by atoms with van der Waals surface area (Å²) >= 11 is 0. The smallest absolute Gasteiger partial charge is 0.550 e. The van der Waals surface area contributed by atoms with Crippen LogP contribution in [0.4, 0.5) is 26.3 Å². The van der Waals surface area contributed by atoms with Crippen LogP contribution in [0.3, 0.4) is 0 Å². The number of likely N-dealkylation sites (tertiary alicyclic amines) is 1. The minimum absolute atomic E-state index is 0. The molecule has 0 unspecified atom stereocenters. The normalized spacial score (nSPS) is 19.6. The largest absolute Gasteiger partial charge is 1.00 e. The first-order valence-corrected chi connectivity index (χ1v) is 12.6. The Bertz CT molecular complexity index is 1010. The van der Waals surface area contributed by atoms with E-state index in [1.165, 1.54) is 24.4 Å². The van der Waals surface area contributed by atoms with Gasteiger partial charge in [-0.3, -0.25) is 9.88 Å². The minimum Gasteiger partial charge on any atom is -0.550 e. The summed E-state index contributed by atoms with van der Waals surface area (Å²) < 4.78 is 78.7. The van der Waals surface area contributed by atoms with Crippen molar-refractivity contribution < 1.29 is 65.8 Å². The standard InChI is InChI=1S/C27H32F6N2O2.Na/c1-2-3-4-5-6-22(20-9-12-24(34-17-20)27(31,32)33)35-14-13-18(16-25(36)37)15-23(35)19-7-10-21(11-8-19)26(28,29)30;/h7-12,17-18,22-23H,2-6,13-16H2,1H3,(H,36,37);/q;+1/p-1/t18-,22-,23+;/m1./s1. The molecule has 38 heavy (non-hydrogen) atoms. The molecule has 1 saturated heterocycles. The van der Waals surface area contributed by atoms with E-state index in [9.17, 15) is 36.2 Å². The van der Waals surface area contributed by atoms with Crippen LogP contribution < -0.4 is 34.7 Å². The molecule has 1 aliphatic heterocycles. The Morgan fingerprint density at radius 3 is 2.24 bits per heavy atom. The molecule has 3 rings (SSSR count). The Hall–Kier alpha value is -1.62. The Balaban J connectivity index is 0.00000507. The molecule has 1 aromatic carbocycles. The summed E-state index contributed by atoms with van der Waals surface area (Å²) in [5.41, 5.74) is -0.574. The first-order valence-electron chi connectivity index (χ1n) is 12.6. The molecular formula is C27H31F6N2NaO2. The zero-order valence-electron chi connectivity index (χ0n) is 21.6. The van der Waals surface area contributed by atoms with Crippen molar-refractivity contribution in [3.05, 3.63) is 65.0 Å². The molecule has 2 aromatic rings. The van der Waals surface area contributed by atoms with Gasteiger partial charge in [0, 0.05) is 24.2 Å². The number of nitrogens with zero attached hydrogens (tertiary/aromatic N) is 2. The van der Waals surface area contributed by atoms with E-state index in [0.717, 1.165) is 43.9 Å². The predicted octanol–water partition coefficient (Wildman–Crippen LogP) is 3.73. The van der Waals surface area contributed by atoms with E-state index in [2.05, 4.69) is 16.8 Å². The molecule has 1 fully saturated rings. The second-order valence-electron chi connectivity index (χ2n) is 9.68. The van der Waals surface area contributed by atoms with Crippen LogP contribution in [0.15, 0.2) is 42.6 Å². The third kappa shape index (κ3) is 8.96. The summed E-state index contributed by atoms with van der Waals surface area (Å²) in [6.07, 6.45) is -2.66. The number of pyridine rings is 1. The Morgan fingerprint density at radius 2 is 1.71 bits per heavy atom. The number of halogens is 6. The molecule has 0 radical (unpaired) electrons. The van der Waals surface area contributed by atoms with Crippen molar-refractivity contribution in [1.82, 2.24) is 9.88 Å². The molecule has 204 valence electrons. The number of aliphatic carboxylic acids is 1. The molecule has 0 spiro atoms. The number of carbonyl (C=O) groups excluding carboxylic acids is 1. The Kier molecular flexibility index (Phi) is 12.1. The average Bonchev–Trinajstić information content (AvgIpc) is 2.83. The maximum atomic E-state index is 13.1. The molecule has 1 aliphatic rings. The maximum Gasteiger partial charge on any atom is 1.00 e. The van der Waals surface area contributed by atoms with Gasteiger partial charge >= 0.3 is 41.9 Å². The zero-order chi connectivity index (χ0) is 27.2. The number of aromatic nitrogens is 1. The second kappa shape index (κ2) is 14.1. The van der Waals surface area contributed by atoms with Crippen molar-refractivity contribution >= 4 is 5.97 Å². The number of carboxylic acid groups (broad SMARTS) is 1. The predicted molar refractivity (Wildman–Crippen MR) is 124 cm³/mol. The van der Waals surface area contributed by atoms with Crippen LogP contribution in [0.2, 0.25) is 0 Å². The first-order chi connectivity index (χ1) is 17.4. The Labute approximate surface area is 241 Å². The third-order valence-corrected chi connectivity index (χ3v) is 7.02. The first kappa shape index (κ1) is 32.6. The Morgan fingerprint density at radius 1 is 1.03 bits per heavy atom. The molecule has 0 amide bonds. The van der Waals surface area contributed by atoms with Crippen LogP contribution >= 0.6 is 0 Å². The number of benzene rings is 1. The molecule has 11 heteroatoms. The average molecular weight is 553 g/mol. The summed E-state index contributed by atoms with van der Waals surface area (Å²) in [5, 5.41) is 11.3. The van der Waals surface area contributed by atoms with Crippen LogP contribution in [-0.2, 0) is 17.1 Å². The summed E-state index contributed by atoms with van der Waals surface area (Å²) in [4.78, 5) is 17.0. The van der Waals surface area contributed by atoms with Crippen molar-refractivity contribution in [2.24, 2.45) is 5.92 Å². The van der Waals surface area contributed by atoms with E-state index in [0.29, 0.717) is 36.9 Å². The van der Waals surface area contributed by atoms with Gasteiger partial charge in [-0.2, -0.15) is 26.3 Å². The fraction of sp³-hybridized carbons (Fsp3) is 0.556. The van der Waals surface area contributed by atoms with Crippen LogP contribution in [0.1, 0.15) is 92.8 Å². The number of rotatable bonds is 10. The molecule has 0 saturated carbocycles. The molecule has 4 nitrogen and oxygen atoms in total. The number of unbranched alkanes of at least 4 members (excludes halogenated alkanes) is 3. The van der Waals surface area contributed by atoms with Gasteiger partial charge in [0.15, 0.2) is 0 Å². The van der Waals surface area contributed by atoms with Crippen LogP contribution in [0.25, 0.3) is 0 Å². The van der Waals surface area contributed by atoms with Crippen molar-refractivity contribution in [1.29, 1.82) is 0 Å². The van der Waals surface area contributed by atoms with Crippen LogP contribution in [0, 0.1) is 5.92 Å². The number of alkyl halides is 6. The van der Waals surface area contributed by atoms with Crippen molar-refractivity contribution in [2.75, 3.05) is 6.54 Å².